The van der Waals surface area contributed by atoms with Gasteiger partial charge in [-0.3, -0.25) is 9.78 Å². The van der Waals surface area contributed by atoms with Gasteiger partial charge in [0.25, 0.3) is 0 Å². The van der Waals surface area contributed by atoms with Gasteiger partial charge >= 0.3 is 0 Å². The Balaban J connectivity index is 1.91. The van der Waals surface area contributed by atoms with Crippen LogP contribution in [0.2, 0.25) is 5.02 Å². The van der Waals surface area contributed by atoms with Crippen molar-refractivity contribution in [2.24, 2.45) is 0 Å². The van der Waals surface area contributed by atoms with E-state index in [0.717, 1.165) is 19.3 Å². The summed E-state index contributed by atoms with van der Waals surface area (Å²) in [4.78, 5) is 20.2. The Morgan fingerprint density at radius 1 is 1.37 bits per heavy atom. The fourth-order valence-corrected chi connectivity index (χ4v) is 2.47. The van der Waals surface area contributed by atoms with Gasteiger partial charge in [-0.2, -0.15) is 4.98 Å². The molecule has 6 heteroatoms. The van der Waals surface area contributed by atoms with Gasteiger partial charge < -0.3 is 4.52 Å². The number of ketones is 1. The molecule has 3 rings (SSSR count). The molecule has 0 radical (unpaired) electrons. The Morgan fingerprint density at radius 2 is 2.26 bits per heavy atom. The average molecular weight is 278 g/mol. The third kappa shape index (κ3) is 2.38. The second kappa shape index (κ2) is 5.09. The van der Waals surface area contributed by atoms with Crippen LogP contribution in [-0.4, -0.2) is 20.9 Å². The van der Waals surface area contributed by atoms with Gasteiger partial charge in [-0.1, -0.05) is 23.2 Å². The highest BCUT2D eigenvalue weighted by molar-refractivity contribution is 6.32. The molecule has 19 heavy (non-hydrogen) atoms. The maximum absolute atomic E-state index is 11.8. The van der Waals surface area contributed by atoms with E-state index in [1.165, 1.54) is 0 Å². The number of halogens is 1. The standard InChI is InChI=1S/C13H12ClN3O2/c14-9-5-3-7-15-11(9)12-16-13(19-17-12)8-4-1-2-6-10(8)18/h3,5,7-8H,1-2,4,6H2. The van der Waals surface area contributed by atoms with Crippen molar-refractivity contribution in [1.29, 1.82) is 0 Å². The summed E-state index contributed by atoms with van der Waals surface area (Å²) >= 11 is 6.03. The average Bonchev–Trinajstić information content (AvgIpc) is 2.89. The molecular weight excluding hydrogens is 266 g/mol. The van der Waals surface area contributed by atoms with E-state index in [1.54, 1.807) is 18.3 Å². The molecule has 1 saturated carbocycles. The Bertz CT molecular complexity index is 611. The minimum atomic E-state index is -0.266. The van der Waals surface area contributed by atoms with Crippen LogP contribution in [0.1, 0.15) is 37.5 Å². The Labute approximate surface area is 115 Å². The molecule has 1 fully saturated rings. The van der Waals surface area contributed by atoms with E-state index in [1.807, 2.05) is 0 Å². The van der Waals surface area contributed by atoms with Crippen molar-refractivity contribution in [3.05, 3.63) is 29.2 Å². The molecule has 1 unspecified atom stereocenters. The number of aromatic nitrogens is 3. The summed E-state index contributed by atoms with van der Waals surface area (Å²) in [7, 11) is 0. The van der Waals surface area contributed by atoms with Crippen molar-refractivity contribution in [2.45, 2.75) is 31.6 Å². The molecule has 0 N–H and O–H groups in total. The lowest BCUT2D eigenvalue weighted by Crippen LogP contribution is -2.17. The van der Waals surface area contributed by atoms with E-state index in [4.69, 9.17) is 16.1 Å². The molecule has 0 bridgehead atoms. The molecule has 0 aromatic carbocycles. The van der Waals surface area contributed by atoms with Gasteiger partial charge in [0.1, 0.15) is 11.5 Å². The number of carbonyl (C=O) groups is 1. The highest BCUT2D eigenvalue weighted by Gasteiger charge is 2.29. The molecule has 1 aliphatic rings. The van der Waals surface area contributed by atoms with E-state index < -0.39 is 0 Å². The molecule has 2 heterocycles. The van der Waals surface area contributed by atoms with Crippen LogP contribution < -0.4 is 0 Å². The van der Waals surface area contributed by atoms with Gasteiger partial charge in [-0.15, -0.1) is 0 Å². The summed E-state index contributed by atoms with van der Waals surface area (Å²) in [5, 5.41) is 4.33. The number of pyridine rings is 1. The fraction of sp³-hybridized carbons (Fsp3) is 0.385. The zero-order chi connectivity index (χ0) is 13.2. The lowest BCUT2D eigenvalue weighted by Gasteiger charge is -2.16. The monoisotopic (exact) mass is 277 g/mol. The third-order valence-electron chi connectivity index (χ3n) is 3.26. The molecule has 0 saturated heterocycles. The minimum Gasteiger partial charge on any atom is -0.338 e. The fourth-order valence-electron chi connectivity index (χ4n) is 2.27. The summed E-state index contributed by atoms with van der Waals surface area (Å²) in [6.45, 7) is 0. The number of carbonyl (C=O) groups excluding carboxylic acids is 1. The SMILES string of the molecule is O=C1CCCCC1c1nc(-c2ncccc2Cl)no1. The van der Waals surface area contributed by atoms with Crippen LogP contribution in [0.3, 0.4) is 0 Å². The van der Waals surface area contributed by atoms with Crippen LogP contribution in [-0.2, 0) is 4.79 Å². The van der Waals surface area contributed by atoms with Crippen molar-refractivity contribution < 1.29 is 9.32 Å². The Morgan fingerprint density at radius 3 is 3.05 bits per heavy atom. The molecule has 1 atom stereocenters. The normalized spacial score (nSPS) is 19.6. The van der Waals surface area contributed by atoms with E-state index in [0.29, 0.717) is 28.9 Å². The summed E-state index contributed by atoms with van der Waals surface area (Å²) in [6.07, 6.45) is 4.94. The van der Waals surface area contributed by atoms with E-state index in [-0.39, 0.29) is 11.7 Å². The minimum absolute atomic E-state index is 0.175. The number of rotatable bonds is 2. The van der Waals surface area contributed by atoms with Gasteiger partial charge in [0, 0.05) is 12.6 Å². The highest BCUT2D eigenvalue weighted by Crippen LogP contribution is 2.30. The second-order valence-electron chi connectivity index (χ2n) is 4.55. The Kier molecular flexibility index (Phi) is 3.29. The summed E-state index contributed by atoms with van der Waals surface area (Å²) in [6, 6.07) is 3.45. The van der Waals surface area contributed by atoms with Crippen LogP contribution in [0.25, 0.3) is 11.5 Å². The molecule has 0 aliphatic heterocycles. The van der Waals surface area contributed by atoms with Crippen LogP contribution >= 0.6 is 11.6 Å². The first-order valence-corrected chi connectivity index (χ1v) is 6.60. The van der Waals surface area contributed by atoms with Gasteiger partial charge in [-0.25, -0.2) is 0 Å². The number of hydrogen-bond acceptors (Lipinski definition) is 5. The Hall–Kier alpha value is -1.75. The number of Topliss-reactive ketones (excluding diaryl/α,β-unsaturated/α-hetero) is 1. The van der Waals surface area contributed by atoms with Gasteiger partial charge in [0.15, 0.2) is 0 Å². The summed E-state index contributed by atoms with van der Waals surface area (Å²) < 4.78 is 5.20. The molecule has 0 spiro atoms. The largest absolute Gasteiger partial charge is 0.338 e. The van der Waals surface area contributed by atoms with Gasteiger partial charge in [0.2, 0.25) is 11.7 Å². The van der Waals surface area contributed by atoms with Crippen LogP contribution in [0.4, 0.5) is 0 Å². The van der Waals surface area contributed by atoms with E-state index >= 15 is 0 Å². The highest BCUT2D eigenvalue weighted by atomic mass is 35.5. The smallest absolute Gasteiger partial charge is 0.237 e. The molecule has 2 aromatic heterocycles. The van der Waals surface area contributed by atoms with Crippen molar-refractivity contribution in [2.75, 3.05) is 0 Å². The first-order chi connectivity index (χ1) is 9.25. The van der Waals surface area contributed by atoms with Crippen LogP contribution in [0.5, 0.6) is 0 Å². The van der Waals surface area contributed by atoms with Crippen LogP contribution in [0.15, 0.2) is 22.9 Å². The molecule has 2 aromatic rings. The first kappa shape index (κ1) is 12.3. The maximum atomic E-state index is 11.8. The third-order valence-corrected chi connectivity index (χ3v) is 3.57. The topological polar surface area (TPSA) is 68.9 Å². The van der Waals surface area contributed by atoms with Crippen molar-refractivity contribution in [1.82, 2.24) is 15.1 Å². The zero-order valence-corrected chi connectivity index (χ0v) is 10.9. The number of hydrogen-bond donors (Lipinski definition) is 0. The molecule has 5 nitrogen and oxygen atoms in total. The summed E-state index contributed by atoms with van der Waals surface area (Å²) in [5.74, 6) is 0.617. The van der Waals surface area contributed by atoms with Gasteiger partial charge in [0.05, 0.1) is 10.9 Å². The first-order valence-electron chi connectivity index (χ1n) is 6.23. The van der Waals surface area contributed by atoms with Crippen LogP contribution in [0, 0.1) is 0 Å². The van der Waals surface area contributed by atoms with Crippen molar-refractivity contribution in [3.8, 4) is 11.5 Å². The lowest BCUT2D eigenvalue weighted by molar-refractivity contribution is -0.122. The number of nitrogens with zero attached hydrogens (tertiary/aromatic N) is 3. The van der Waals surface area contributed by atoms with Gasteiger partial charge in [-0.05, 0) is 25.0 Å². The molecule has 0 amide bonds. The molecule has 98 valence electrons. The maximum Gasteiger partial charge on any atom is 0.237 e. The van der Waals surface area contributed by atoms with E-state index in [2.05, 4.69) is 15.1 Å². The summed E-state index contributed by atoms with van der Waals surface area (Å²) in [5.41, 5.74) is 0.474. The lowest BCUT2D eigenvalue weighted by atomic mass is 9.88. The predicted octanol–water partition coefficient (Wildman–Crippen LogP) is 3.01. The molecule has 1 aliphatic carbocycles. The molecular formula is C13H12ClN3O2. The van der Waals surface area contributed by atoms with E-state index in [9.17, 15) is 4.79 Å². The van der Waals surface area contributed by atoms with Crippen molar-refractivity contribution >= 4 is 17.4 Å². The predicted molar refractivity (Wildman–Crippen MR) is 68.8 cm³/mol. The quantitative estimate of drug-likeness (QED) is 0.844. The second-order valence-corrected chi connectivity index (χ2v) is 4.96. The zero-order valence-electron chi connectivity index (χ0n) is 10.2. The van der Waals surface area contributed by atoms with Crippen molar-refractivity contribution in [3.63, 3.8) is 0 Å².